The van der Waals surface area contributed by atoms with Crippen LogP contribution in [0.1, 0.15) is 19.4 Å². The summed E-state index contributed by atoms with van der Waals surface area (Å²) < 4.78 is 26.0. The Kier molecular flexibility index (Phi) is 8.11. The molecule has 6 nitrogen and oxygen atoms in total. The zero-order chi connectivity index (χ0) is 21.8. The summed E-state index contributed by atoms with van der Waals surface area (Å²) in [6, 6.07) is 18.5. The lowest BCUT2D eigenvalue weighted by Crippen LogP contribution is -2.46. The minimum Gasteiger partial charge on any atom is -0.354 e. The molecule has 0 unspecified atom stereocenters. The summed E-state index contributed by atoms with van der Waals surface area (Å²) in [6.07, 6.45) is 0. The summed E-state index contributed by atoms with van der Waals surface area (Å²) in [7, 11) is -3.20. The van der Waals surface area contributed by atoms with E-state index in [1.54, 1.807) is 6.92 Å². The van der Waals surface area contributed by atoms with Gasteiger partial charge >= 0.3 is 0 Å². The Hall–Kier alpha value is -2.19. The van der Waals surface area contributed by atoms with Gasteiger partial charge in [-0.25, -0.2) is 18.1 Å². The maximum atomic E-state index is 11.7. The highest BCUT2D eigenvalue weighted by Gasteiger charge is 2.19. The number of aromatic nitrogens is 1. The molecule has 2 aromatic carbocycles. The molecule has 0 aliphatic carbocycles. The molecule has 1 aromatic heterocycles. The van der Waals surface area contributed by atoms with E-state index < -0.39 is 10.0 Å². The van der Waals surface area contributed by atoms with Crippen LogP contribution in [0.4, 0.5) is 5.82 Å². The minimum atomic E-state index is -3.20. The molecule has 0 amide bonds. The number of sulfonamides is 1. The second-order valence-corrected chi connectivity index (χ2v) is 9.99. The van der Waals surface area contributed by atoms with Crippen LogP contribution >= 0.6 is 12.4 Å². The average Bonchev–Trinajstić information content (AvgIpc) is 2.82. The summed E-state index contributed by atoms with van der Waals surface area (Å²) in [6.45, 7) is 9.29. The van der Waals surface area contributed by atoms with Crippen LogP contribution in [-0.4, -0.2) is 56.8 Å². The van der Waals surface area contributed by atoms with Gasteiger partial charge < -0.3 is 9.80 Å². The maximum absolute atomic E-state index is 11.7. The van der Waals surface area contributed by atoms with Gasteiger partial charge in [-0.1, -0.05) is 55.5 Å². The minimum absolute atomic E-state index is 0. The molecule has 172 valence electrons. The number of likely N-dealkylation sites (N-methyl/N-ethyl adjacent to an activating group) is 1. The van der Waals surface area contributed by atoms with Crippen molar-refractivity contribution in [3.8, 4) is 11.3 Å². The normalized spacial score (nSPS) is 15.0. The molecular formula is C24H31ClN4O2S. The fourth-order valence-electron chi connectivity index (χ4n) is 3.93. The lowest BCUT2D eigenvalue weighted by molar-refractivity contribution is 0.271. The quantitative estimate of drug-likeness (QED) is 0.562. The van der Waals surface area contributed by atoms with Crippen LogP contribution in [0.5, 0.6) is 0 Å². The van der Waals surface area contributed by atoms with Gasteiger partial charge in [0.25, 0.3) is 0 Å². The molecule has 1 N–H and O–H groups in total. The van der Waals surface area contributed by atoms with Crippen molar-refractivity contribution < 1.29 is 8.42 Å². The number of piperazine rings is 1. The number of halogens is 1. The van der Waals surface area contributed by atoms with Crippen LogP contribution in [0.3, 0.4) is 0 Å². The highest BCUT2D eigenvalue weighted by Crippen LogP contribution is 2.30. The number of rotatable bonds is 7. The average molecular weight is 475 g/mol. The molecular weight excluding hydrogens is 444 g/mol. The van der Waals surface area contributed by atoms with E-state index in [1.807, 2.05) is 24.3 Å². The van der Waals surface area contributed by atoms with E-state index in [0.29, 0.717) is 6.54 Å². The van der Waals surface area contributed by atoms with E-state index in [-0.39, 0.29) is 18.2 Å². The molecule has 0 saturated carbocycles. The number of hydrogen-bond acceptors (Lipinski definition) is 5. The standard InChI is InChI=1S/C24H30N4O2S.ClH/c1-3-27-13-15-28(16-14-27)24-22-8-6-5-7-21(22)17-23(26-24)20-11-9-19(10-12-20)18-25-31(29,30)4-2;/h5-12,17,25H,3-4,13-16,18H2,1-2H3;1H. The molecule has 3 aromatic rings. The van der Waals surface area contributed by atoms with Crippen molar-refractivity contribution in [2.24, 2.45) is 0 Å². The summed E-state index contributed by atoms with van der Waals surface area (Å²) in [5.41, 5.74) is 2.89. The van der Waals surface area contributed by atoms with Crippen molar-refractivity contribution in [1.82, 2.24) is 14.6 Å². The second kappa shape index (κ2) is 10.6. The molecule has 4 rings (SSSR count). The molecule has 1 fully saturated rings. The van der Waals surface area contributed by atoms with Gasteiger partial charge in [-0.3, -0.25) is 0 Å². The van der Waals surface area contributed by atoms with E-state index >= 15 is 0 Å². The number of nitrogens with zero attached hydrogens (tertiary/aromatic N) is 3. The van der Waals surface area contributed by atoms with Crippen molar-refractivity contribution in [3.05, 3.63) is 60.2 Å². The summed E-state index contributed by atoms with van der Waals surface area (Å²) >= 11 is 0. The van der Waals surface area contributed by atoms with Crippen LogP contribution in [0.15, 0.2) is 54.6 Å². The third-order valence-corrected chi connectivity index (χ3v) is 7.31. The zero-order valence-corrected chi connectivity index (χ0v) is 20.3. The first-order valence-electron chi connectivity index (χ1n) is 10.9. The third kappa shape index (κ3) is 5.59. The van der Waals surface area contributed by atoms with E-state index in [4.69, 9.17) is 4.98 Å². The van der Waals surface area contributed by atoms with Gasteiger partial charge in [0.05, 0.1) is 11.4 Å². The highest BCUT2D eigenvalue weighted by atomic mass is 35.5. The van der Waals surface area contributed by atoms with Crippen LogP contribution in [-0.2, 0) is 16.6 Å². The van der Waals surface area contributed by atoms with Gasteiger partial charge in [0.15, 0.2) is 0 Å². The summed E-state index contributed by atoms with van der Waals surface area (Å²) in [5.74, 6) is 1.13. The number of hydrogen-bond donors (Lipinski definition) is 1. The molecule has 0 radical (unpaired) electrons. The molecule has 1 saturated heterocycles. The smallest absolute Gasteiger partial charge is 0.211 e. The Labute approximate surface area is 197 Å². The first kappa shape index (κ1) is 24.5. The molecule has 1 aliphatic rings. The van der Waals surface area contributed by atoms with Crippen molar-refractivity contribution in [2.45, 2.75) is 20.4 Å². The van der Waals surface area contributed by atoms with Gasteiger partial charge in [-0.15, -0.1) is 12.4 Å². The summed E-state index contributed by atoms with van der Waals surface area (Å²) in [5, 5.41) is 2.36. The highest BCUT2D eigenvalue weighted by molar-refractivity contribution is 7.89. The van der Waals surface area contributed by atoms with Gasteiger partial charge in [0.2, 0.25) is 10.0 Å². The maximum Gasteiger partial charge on any atom is 0.211 e. The van der Waals surface area contributed by atoms with E-state index in [2.05, 4.69) is 51.8 Å². The molecule has 2 heterocycles. The van der Waals surface area contributed by atoms with Crippen molar-refractivity contribution in [3.63, 3.8) is 0 Å². The van der Waals surface area contributed by atoms with Gasteiger partial charge in [0.1, 0.15) is 5.82 Å². The number of benzene rings is 2. The molecule has 8 heteroatoms. The Morgan fingerprint density at radius 3 is 2.31 bits per heavy atom. The predicted octanol–water partition coefficient (Wildman–Crippen LogP) is 3.90. The van der Waals surface area contributed by atoms with E-state index in [9.17, 15) is 8.42 Å². The molecule has 0 atom stereocenters. The lowest BCUT2D eigenvalue weighted by Gasteiger charge is -2.35. The first-order valence-corrected chi connectivity index (χ1v) is 12.6. The Bertz CT molecular complexity index is 1140. The van der Waals surface area contributed by atoms with Crippen molar-refractivity contribution in [2.75, 3.05) is 43.4 Å². The monoisotopic (exact) mass is 474 g/mol. The van der Waals surface area contributed by atoms with Crippen LogP contribution in [0.25, 0.3) is 22.0 Å². The molecule has 0 bridgehead atoms. The SMILES string of the molecule is CCN1CCN(c2nc(-c3ccc(CNS(=O)(=O)CC)cc3)cc3ccccc23)CC1.Cl. The Morgan fingerprint density at radius 1 is 0.969 bits per heavy atom. The van der Waals surface area contributed by atoms with Crippen molar-refractivity contribution >= 4 is 39.0 Å². The summed E-state index contributed by atoms with van der Waals surface area (Å²) in [4.78, 5) is 9.93. The van der Waals surface area contributed by atoms with Crippen LogP contribution in [0.2, 0.25) is 0 Å². The van der Waals surface area contributed by atoms with Crippen molar-refractivity contribution in [1.29, 1.82) is 0 Å². The number of anilines is 1. The third-order valence-electron chi connectivity index (χ3n) is 5.97. The van der Waals surface area contributed by atoms with Crippen LogP contribution < -0.4 is 9.62 Å². The fraction of sp³-hybridized carbons (Fsp3) is 0.375. The zero-order valence-electron chi connectivity index (χ0n) is 18.6. The fourth-order valence-corrected chi connectivity index (χ4v) is 4.52. The van der Waals surface area contributed by atoms with Gasteiger partial charge in [0, 0.05) is 43.7 Å². The van der Waals surface area contributed by atoms with E-state index in [0.717, 1.165) is 55.4 Å². The first-order chi connectivity index (χ1) is 15.0. The largest absolute Gasteiger partial charge is 0.354 e. The van der Waals surface area contributed by atoms with Gasteiger partial charge in [-0.2, -0.15) is 0 Å². The predicted molar refractivity (Wildman–Crippen MR) is 135 cm³/mol. The molecule has 0 spiro atoms. The molecule has 1 aliphatic heterocycles. The number of nitrogens with one attached hydrogen (secondary N) is 1. The number of pyridine rings is 1. The number of fused-ring (bicyclic) bond motifs is 1. The van der Waals surface area contributed by atoms with Crippen LogP contribution in [0, 0.1) is 0 Å². The molecule has 32 heavy (non-hydrogen) atoms. The Morgan fingerprint density at radius 2 is 1.66 bits per heavy atom. The van der Waals surface area contributed by atoms with E-state index in [1.165, 1.54) is 10.8 Å². The topological polar surface area (TPSA) is 65.5 Å². The lowest BCUT2D eigenvalue weighted by atomic mass is 10.0. The Balaban J connectivity index is 0.00000289. The second-order valence-electron chi connectivity index (χ2n) is 7.90. The van der Waals surface area contributed by atoms with Gasteiger partial charge in [-0.05, 0) is 30.5 Å².